The van der Waals surface area contributed by atoms with Crippen LogP contribution in [0.3, 0.4) is 0 Å². The first-order chi connectivity index (χ1) is 20.5. The van der Waals surface area contributed by atoms with Crippen LogP contribution in [0.1, 0.15) is 72.6 Å². The summed E-state index contributed by atoms with van der Waals surface area (Å²) in [5, 5.41) is 9.92. The summed E-state index contributed by atoms with van der Waals surface area (Å²) in [5.74, 6) is -3.19. The van der Waals surface area contributed by atoms with Gasteiger partial charge in [0.25, 0.3) is 0 Å². The first kappa shape index (κ1) is 38.9. The van der Waals surface area contributed by atoms with Crippen molar-refractivity contribution < 1.29 is 57.2 Å². The molecule has 246 valence electrons. The van der Waals surface area contributed by atoms with Crippen LogP contribution in [0.15, 0.2) is 0 Å². The molecule has 0 aliphatic heterocycles. The topological polar surface area (TPSA) is 214 Å². The molecule has 0 saturated carbocycles. The molecule has 0 spiro atoms. The standard InChI is InChI=1S/C27H46N4O12/c1-6-40-21(32)15-13-19(24(35)42-8-3)29-26(37)28-17-11-10-12-18(23(34)39-5)30-27(38)31-20(25(36)43-9-4)14-16-22(33)41-7-2/h18-20H,6-17H2,1-5H3,(H2,28,29,37)(H2,30,31,38). The summed E-state index contributed by atoms with van der Waals surface area (Å²) >= 11 is 0. The number of urea groups is 2. The van der Waals surface area contributed by atoms with E-state index in [-0.39, 0.29) is 65.1 Å². The summed E-state index contributed by atoms with van der Waals surface area (Å²) in [5.41, 5.74) is 0. The lowest BCUT2D eigenvalue weighted by Crippen LogP contribution is -2.51. The molecule has 0 radical (unpaired) electrons. The van der Waals surface area contributed by atoms with Gasteiger partial charge in [-0.15, -0.1) is 0 Å². The fourth-order valence-electron chi connectivity index (χ4n) is 3.61. The zero-order valence-electron chi connectivity index (χ0n) is 25.6. The van der Waals surface area contributed by atoms with Crippen molar-refractivity contribution in [1.29, 1.82) is 0 Å². The van der Waals surface area contributed by atoms with Gasteiger partial charge >= 0.3 is 41.9 Å². The Balaban J connectivity index is 4.88. The van der Waals surface area contributed by atoms with Crippen molar-refractivity contribution in [2.24, 2.45) is 0 Å². The number of amides is 4. The molecule has 0 aromatic carbocycles. The summed E-state index contributed by atoms with van der Waals surface area (Å²) in [7, 11) is 1.16. The van der Waals surface area contributed by atoms with Gasteiger partial charge in [-0.3, -0.25) is 9.59 Å². The van der Waals surface area contributed by atoms with Crippen LogP contribution in [-0.4, -0.2) is 100 Å². The molecule has 3 atom stereocenters. The Morgan fingerprint density at radius 2 is 0.953 bits per heavy atom. The highest BCUT2D eigenvalue weighted by atomic mass is 16.5. The molecule has 0 fully saturated rings. The van der Waals surface area contributed by atoms with E-state index >= 15 is 0 Å². The maximum atomic E-state index is 12.6. The number of rotatable bonds is 21. The van der Waals surface area contributed by atoms with Crippen LogP contribution in [0.2, 0.25) is 0 Å². The van der Waals surface area contributed by atoms with Crippen LogP contribution < -0.4 is 21.3 Å². The van der Waals surface area contributed by atoms with E-state index in [1.165, 1.54) is 0 Å². The second-order valence-corrected chi connectivity index (χ2v) is 8.89. The highest BCUT2D eigenvalue weighted by molar-refractivity contribution is 5.87. The molecule has 0 aliphatic carbocycles. The highest BCUT2D eigenvalue weighted by Crippen LogP contribution is 2.06. The van der Waals surface area contributed by atoms with Gasteiger partial charge in [0.05, 0.1) is 33.5 Å². The van der Waals surface area contributed by atoms with Gasteiger partial charge in [0.2, 0.25) is 0 Å². The fourth-order valence-corrected chi connectivity index (χ4v) is 3.61. The monoisotopic (exact) mass is 618 g/mol. The Morgan fingerprint density at radius 1 is 0.535 bits per heavy atom. The van der Waals surface area contributed by atoms with E-state index in [0.29, 0.717) is 12.8 Å². The zero-order chi connectivity index (χ0) is 32.6. The van der Waals surface area contributed by atoms with Crippen molar-refractivity contribution in [3.63, 3.8) is 0 Å². The van der Waals surface area contributed by atoms with Gasteiger partial charge in [-0.05, 0) is 59.8 Å². The third-order valence-corrected chi connectivity index (χ3v) is 5.63. The molecule has 4 amide bonds. The number of methoxy groups -OCH3 is 1. The van der Waals surface area contributed by atoms with Gasteiger partial charge in [0, 0.05) is 19.4 Å². The van der Waals surface area contributed by atoms with E-state index < -0.39 is 60.0 Å². The lowest BCUT2D eigenvalue weighted by molar-refractivity contribution is -0.148. The molecule has 0 aromatic rings. The largest absolute Gasteiger partial charge is 0.467 e. The number of nitrogens with one attached hydrogen (secondary N) is 4. The van der Waals surface area contributed by atoms with Gasteiger partial charge in [-0.25, -0.2) is 24.0 Å². The van der Waals surface area contributed by atoms with E-state index in [4.69, 9.17) is 23.7 Å². The summed E-state index contributed by atoms with van der Waals surface area (Å²) < 4.78 is 24.3. The number of carbonyl (C=O) groups excluding carboxylic acids is 7. The second-order valence-electron chi connectivity index (χ2n) is 8.89. The van der Waals surface area contributed by atoms with Crippen LogP contribution in [0.25, 0.3) is 0 Å². The summed E-state index contributed by atoms with van der Waals surface area (Å²) in [6.07, 6.45) is 0.614. The first-order valence-corrected chi connectivity index (χ1v) is 14.4. The van der Waals surface area contributed by atoms with Crippen LogP contribution in [-0.2, 0) is 47.7 Å². The van der Waals surface area contributed by atoms with Crippen LogP contribution >= 0.6 is 0 Å². The molecule has 0 rings (SSSR count). The summed E-state index contributed by atoms with van der Waals surface area (Å²) in [6, 6.07) is -4.77. The molecule has 16 nitrogen and oxygen atoms in total. The molecule has 16 heteroatoms. The van der Waals surface area contributed by atoms with Gasteiger partial charge in [-0.1, -0.05) is 0 Å². The molecule has 0 heterocycles. The number of carbonyl (C=O) groups is 7. The van der Waals surface area contributed by atoms with Crippen molar-refractivity contribution in [3.05, 3.63) is 0 Å². The van der Waals surface area contributed by atoms with Gasteiger partial charge in [0.15, 0.2) is 0 Å². The summed E-state index contributed by atoms with van der Waals surface area (Å²) in [4.78, 5) is 84.9. The summed E-state index contributed by atoms with van der Waals surface area (Å²) in [6.45, 7) is 7.20. The van der Waals surface area contributed by atoms with Crippen molar-refractivity contribution >= 4 is 41.9 Å². The number of unbranched alkanes of at least 4 members (excludes halogenated alkanes) is 1. The van der Waals surface area contributed by atoms with Crippen LogP contribution in [0.5, 0.6) is 0 Å². The molecule has 4 N–H and O–H groups in total. The maximum Gasteiger partial charge on any atom is 0.328 e. The van der Waals surface area contributed by atoms with Crippen molar-refractivity contribution in [2.75, 3.05) is 40.1 Å². The normalized spacial score (nSPS) is 12.4. The molecule has 43 heavy (non-hydrogen) atoms. The highest BCUT2D eigenvalue weighted by Gasteiger charge is 2.27. The Hall–Kier alpha value is -4.11. The Bertz CT molecular complexity index is 914. The number of esters is 5. The Morgan fingerprint density at radius 3 is 1.37 bits per heavy atom. The van der Waals surface area contributed by atoms with E-state index in [9.17, 15) is 33.6 Å². The number of hydrogen-bond donors (Lipinski definition) is 4. The molecule has 3 unspecified atom stereocenters. The van der Waals surface area contributed by atoms with E-state index in [0.717, 1.165) is 7.11 Å². The molecule has 0 saturated heterocycles. The minimum absolute atomic E-state index is 0.000517. The van der Waals surface area contributed by atoms with E-state index in [1.807, 2.05) is 0 Å². The van der Waals surface area contributed by atoms with Gasteiger partial charge in [0.1, 0.15) is 18.1 Å². The minimum Gasteiger partial charge on any atom is -0.467 e. The molecule has 0 aliphatic rings. The third-order valence-electron chi connectivity index (χ3n) is 5.63. The maximum absolute atomic E-state index is 12.6. The lowest BCUT2D eigenvalue weighted by atomic mass is 10.1. The zero-order valence-corrected chi connectivity index (χ0v) is 25.6. The lowest BCUT2D eigenvalue weighted by Gasteiger charge is -2.21. The molecule has 0 aromatic heterocycles. The van der Waals surface area contributed by atoms with Gasteiger partial charge in [-0.2, -0.15) is 0 Å². The minimum atomic E-state index is -1.15. The second kappa shape index (κ2) is 23.5. The van der Waals surface area contributed by atoms with E-state index in [1.54, 1.807) is 27.7 Å². The van der Waals surface area contributed by atoms with Crippen molar-refractivity contribution in [1.82, 2.24) is 21.3 Å². The third kappa shape index (κ3) is 18.1. The fraction of sp³-hybridized carbons (Fsp3) is 0.741. The average molecular weight is 619 g/mol. The van der Waals surface area contributed by atoms with Crippen molar-refractivity contribution in [2.45, 2.75) is 90.8 Å². The average Bonchev–Trinajstić information content (AvgIpc) is 2.96. The van der Waals surface area contributed by atoms with Crippen molar-refractivity contribution in [3.8, 4) is 0 Å². The SMILES string of the molecule is CCOC(=O)CCC(NC(=O)NCCCCC(NC(=O)NC(CCC(=O)OCC)C(=O)OCC)C(=O)OC)C(=O)OCC. The van der Waals surface area contributed by atoms with E-state index in [2.05, 4.69) is 21.3 Å². The molecular weight excluding hydrogens is 572 g/mol. The predicted octanol–water partition coefficient (Wildman–Crippen LogP) is 0.847. The smallest absolute Gasteiger partial charge is 0.328 e. The first-order valence-electron chi connectivity index (χ1n) is 14.4. The Labute approximate surface area is 251 Å². The molecular formula is C27H46N4O12. The number of ether oxygens (including phenoxy) is 5. The quantitative estimate of drug-likeness (QED) is 0.0800. The van der Waals surface area contributed by atoms with Crippen LogP contribution in [0.4, 0.5) is 9.59 Å². The van der Waals surface area contributed by atoms with Gasteiger partial charge < -0.3 is 45.0 Å². The Kier molecular flexibility index (Phi) is 21.2. The molecule has 0 bridgehead atoms. The van der Waals surface area contributed by atoms with Crippen LogP contribution in [0, 0.1) is 0 Å². The number of hydrogen-bond acceptors (Lipinski definition) is 12. The predicted molar refractivity (Wildman–Crippen MR) is 150 cm³/mol.